The van der Waals surface area contributed by atoms with Gasteiger partial charge in [0.05, 0.1) is 6.61 Å². The lowest BCUT2D eigenvalue weighted by Gasteiger charge is -2.41. The summed E-state index contributed by atoms with van der Waals surface area (Å²) in [5.41, 5.74) is 3.39. The van der Waals surface area contributed by atoms with Crippen molar-refractivity contribution < 1.29 is 9.53 Å². The Morgan fingerprint density at radius 1 is 1.18 bits per heavy atom. The van der Waals surface area contributed by atoms with Gasteiger partial charge in [-0.1, -0.05) is 37.6 Å². The van der Waals surface area contributed by atoms with E-state index in [1.165, 1.54) is 11.1 Å². The van der Waals surface area contributed by atoms with Crippen LogP contribution < -0.4 is 15.4 Å². The first kappa shape index (κ1) is 20.2. The molecule has 1 heterocycles. The Bertz CT molecular complexity index is 770. The van der Waals surface area contributed by atoms with E-state index < -0.39 is 0 Å². The van der Waals surface area contributed by atoms with Gasteiger partial charge in [0.25, 0.3) is 0 Å². The molecule has 150 valence electrons. The number of anilines is 1. The number of carbonyl (C=O) groups excluding carboxylic acids is 1. The average molecular weight is 382 g/mol. The van der Waals surface area contributed by atoms with Gasteiger partial charge in [-0.2, -0.15) is 0 Å². The van der Waals surface area contributed by atoms with Crippen LogP contribution in [-0.4, -0.2) is 36.7 Å². The lowest BCUT2D eigenvalue weighted by molar-refractivity contribution is 0.143. The number of benzene rings is 2. The molecule has 2 aromatic rings. The van der Waals surface area contributed by atoms with Gasteiger partial charge < -0.3 is 20.3 Å². The van der Waals surface area contributed by atoms with Crippen molar-refractivity contribution in [3.8, 4) is 5.75 Å². The van der Waals surface area contributed by atoms with Gasteiger partial charge in [-0.15, -0.1) is 0 Å². The number of ether oxygens (including phenoxy) is 1. The number of urea groups is 1. The fourth-order valence-electron chi connectivity index (χ4n) is 3.44. The molecule has 2 N–H and O–H groups in total. The molecule has 1 aliphatic heterocycles. The largest absolute Gasteiger partial charge is 0.494 e. The summed E-state index contributed by atoms with van der Waals surface area (Å²) in [6.07, 6.45) is 2.16. The van der Waals surface area contributed by atoms with E-state index in [1.807, 2.05) is 29.2 Å². The Morgan fingerprint density at radius 3 is 2.57 bits per heavy atom. The van der Waals surface area contributed by atoms with Gasteiger partial charge in [0.15, 0.2) is 0 Å². The molecule has 2 aromatic carbocycles. The highest BCUT2D eigenvalue weighted by Gasteiger charge is 2.31. The number of unbranched alkanes of at least 4 members (excludes halogenated alkanes) is 1. The van der Waals surface area contributed by atoms with Crippen molar-refractivity contribution in [2.24, 2.45) is 0 Å². The topological polar surface area (TPSA) is 53.6 Å². The van der Waals surface area contributed by atoms with Gasteiger partial charge in [0.1, 0.15) is 5.75 Å². The summed E-state index contributed by atoms with van der Waals surface area (Å²) < 4.78 is 5.65. The number of carbonyl (C=O) groups is 1. The number of nitrogens with zero attached hydrogens (tertiary/aromatic N) is 1. The lowest BCUT2D eigenvalue weighted by Crippen LogP contribution is -2.61. The van der Waals surface area contributed by atoms with Crippen molar-refractivity contribution in [2.45, 2.75) is 45.7 Å². The third-order valence-electron chi connectivity index (χ3n) is 5.18. The second-order valence-corrected chi connectivity index (χ2v) is 7.50. The highest BCUT2D eigenvalue weighted by Crippen LogP contribution is 2.21. The van der Waals surface area contributed by atoms with Gasteiger partial charge in [-0.3, -0.25) is 0 Å². The van der Waals surface area contributed by atoms with Crippen LogP contribution in [-0.2, 0) is 0 Å². The summed E-state index contributed by atoms with van der Waals surface area (Å²) in [6, 6.07) is 16.5. The molecule has 5 nitrogen and oxygen atoms in total. The molecule has 0 radical (unpaired) electrons. The van der Waals surface area contributed by atoms with Crippen LogP contribution in [0.5, 0.6) is 5.75 Å². The molecule has 1 atom stereocenters. The van der Waals surface area contributed by atoms with Crippen molar-refractivity contribution >= 4 is 11.7 Å². The fraction of sp³-hybridized carbons (Fsp3) is 0.435. The van der Waals surface area contributed by atoms with E-state index in [2.05, 4.69) is 55.7 Å². The normalized spacial score (nSPS) is 15.0. The lowest BCUT2D eigenvalue weighted by atomic mass is 10.0. The number of rotatable bonds is 8. The van der Waals surface area contributed by atoms with Crippen molar-refractivity contribution in [1.82, 2.24) is 10.2 Å². The number of hydrogen-bond acceptors (Lipinski definition) is 3. The highest BCUT2D eigenvalue weighted by atomic mass is 16.5. The summed E-state index contributed by atoms with van der Waals surface area (Å²) in [7, 11) is 0. The summed E-state index contributed by atoms with van der Waals surface area (Å²) in [5, 5.41) is 6.57. The van der Waals surface area contributed by atoms with Gasteiger partial charge in [0, 0.05) is 30.9 Å². The molecule has 5 heteroatoms. The maximum atomic E-state index is 12.4. The van der Waals surface area contributed by atoms with Crippen molar-refractivity contribution in [3.63, 3.8) is 0 Å². The van der Waals surface area contributed by atoms with Crippen LogP contribution in [0, 0.1) is 6.92 Å². The first-order chi connectivity index (χ1) is 13.6. The third-order valence-corrected chi connectivity index (χ3v) is 5.18. The predicted octanol–water partition coefficient (Wildman–Crippen LogP) is 4.74. The van der Waals surface area contributed by atoms with E-state index in [1.54, 1.807) is 0 Å². The number of hydrogen-bond donors (Lipinski definition) is 2. The molecule has 3 rings (SSSR count). The van der Waals surface area contributed by atoms with Gasteiger partial charge in [-0.05, 0) is 55.7 Å². The maximum absolute atomic E-state index is 12.4. The fourth-order valence-corrected chi connectivity index (χ4v) is 3.44. The average Bonchev–Trinajstić information content (AvgIpc) is 2.66. The van der Waals surface area contributed by atoms with Crippen LogP contribution in [0.4, 0.5) is 10.5 Å². The zero-order valence-corrected chi connectivity index (χ0v) is 17.1. The van der Waals surface area contributed by atoms with Crippen LogP contribution in [0.3, 0.4) is 0 Å². The van der Waals surface area contributed by atoms with Gasteiger partial charge in [0.2, 0.25) is 0 Å². The van der Waals surface area contributed by atoms with E-state index in [4.69, 9.17) is 4.74 Å². The first-order valence-corrected chi connectivity index (χ1v) is 10.2. The molecule has 2 amide bonds. The molecule has 1 unspecified atom stereocenters. The van der Waals surface area contributed by atoms with Crippen molar-refractivity contribution in [2.75, 3.05) is 25.0 Å². The van der Waals surface area contributed by atoms with Gasteiger partial charge in [-0.25, -0.2) is 4.79 Å². The third kappa shape index (κ3) is 5.26. The number of amides is 2. The zero-order chi connectivity index (χ0) is 19.9. The predicted molar refractivity (Wildman–Crippen MR) is 114 cm³/mol. The zero-order valence-electron chi connectivity index (χ0n) is 17.1. The quantitative estimate of drug-likeness (QED) is 0.649. The van der Waals surface area contributed by atoms with Gasteiger partial charge >= 0.3 is 6.03 Å². The summed E-state index contributed by atoms with van der Waals surface area (Å²) in [4.78, 5) is 14.2. The molecule has 0 spiro atoms. The summed E-state index contributed by atoms with van der Waals surface area (Å²) in [5.74, 6) is 0.838. The standard InChI is InChI=1S/C23H31N3O2/c1-4-5-14-28-21-12-10-19(11-13-21)25-23(27)26-15-20(16-26)24-18(3)22-9-7-6-8-17(22)2/h6-13,18,20,24H,4-5,14-16H2,1-3H3,(H,25,27). The minimum Gasteiger partial charge on any atom is -0.494 e. The number of likely N-dealkylation sites (tertiary alicyclic amines) is 1. The van der Waals surface area contributed by atoms with Crippen LogP contribution in [0.1, 0.15) is 43.9 Å². The number of aryl methyl sites for hydroxylation is 1. The molecular weight excluding hydrogens is 350 g/mol. The van der Waals surface area contributed by atoms with E-state index in [0.717, 1.165) is 44.0 Å². The summed E-state index contributed by atoms with van der Waals surface area (Å²) >= 11 is 0. The van der Waals surface area contributed by atoms with Crippen molar-refractivity contribution in [3.05, 3.63) is 59.7 Å². The monoisotopic (exact) mass is 381 g/mol. The Balaban J connectivity index is 1.42. The molecule has 0 saturated carbocycles. The second kappa shape index (κ2) is 9.60. The molecule has 0 bridgehead atoms. The molecule has 1 aliphatic rings. The molecule has 1 fully saturated rings. The minimum absolute atomic E-state index is 0.0544. The first-order valence-electron chi connectivity index (χ1n) is 10.2. The SMILES string of the molecule is CCCCOc1ccc(NC(=O)N2CC(NC(C)c3ccccc3C)C2)cc1. The van der Waals surface area contributed by atoms with Crippen LogP contribution in [0.15, 0.2) is 48.5 Å². The molecular formula is C23H31N3O2. The van der Waals surface area contributed by atoms with E-state index >= 15 is 0 Å². The van der Waals surface area contributed by atoms with E-state index in [9.17, 15) is 4.79 Å². The Kier molecular flexibility index (Phi) is 6.93. The molecule has 0 aromatic heterocycles. The molecule has 0 aliphatic carbocycles. The van der Waals surface area contributed by atoms with E-state index in [-0.39, 0.29) is 12.1 Å². The molecule has 28 heavy (non-hydrogen) atoms. The maximum Gasteiger partial charge on any atom is 0.321 e. The minimum atomic E-state index is -0.0544. The number of nitrogens with one attached hydrogen (secondary N) is 2. The van der Waals surface area contributed by atoms with Crippen LogP contribution in [0.25, 0.3) is 0 Å². The van der Waals surface area contributed by atoms with Crippen molar-refractivity contribution in [1.29, 1.82) is 0 Å². The highest BCUT2D eigenvalue weighted by molar-refractivity contribution is 5.90. The second-order valence-electron chi connectivity index (χ2n) is 7.50. The Labute approximate surface area is 168 Å². The van der Waals surface area contributed by atoms with Crippen LogP contribution in [0.2, 0.25) is 0 Å². The molecule has 1 saturated heterocycles. The summed E-state index contributed by atoms with van der Waals surface area (Å²) in [6.45, 7) is 8.62. The van der Waals surface area contributed by atoms with Crippen LogP contribution >= 0.6 is 0 Å². The smallest absolute Gasteiger partial charge is 0.321 e. The Hall–Kier alpha value is -2.53. The van der Waals surface area contributed by atoms with E-state index in [0.29, 0.717) is 6.04 Å². The Morgan fingerprint density at radius 2 is 1.89 bits per heavy atom.